The summed E-state index contributed by atoms with van der Waals surface area (Å²) >= 11 is 0. The Morgan fingerprint density at radius 3 is 2.67 bits per heavy atom. The van der Waals surface area contributed by atoms with Crippen LogP contribution in [0.25, 0.3) is 5.57 Å². The zero-order valence-corrected chi connectivity index (χ0v) is 15.7. The average molecular weight is 352 g/mol. The molecule has 0 N–H and O–H groups in total. The lowest BCUT2D eigenvalue weighted by atomic mass is 9.89. The van der Waals surface area contributed by atoms with E-state index in [1.54, 1.807) is 0 Å². The number of hydrogen-bond donors (Lipinski definition) is 0. The van der Waals surface area contributed by atoms with Gasteiger partial charge in [-0.25, -0.2) is 0 Å². The molecule has 0 fully saturated rings. The molecule has 0 saturated carbocycles. The van der Waals surface area contributed by atoms with Crippen molar-refractivity contribution in [2.24, 2.45) is 0 Å². The van der Waals surface area contributed by atoms with Crippen LogP contribution in [0.1, 0.15) is 52.5 Å². The van der Waals surface area contributed by atoms with Crippen LogP contribution >= 0.6 is 7.60 Å². The third-order valence-electron chi connectivity index (χ3n) is 4.30. The number of rotatable bonds is 6. The Balaban J connectivity index is 2.12. The van der Waals surface area contributed by atoms with Crippen molar-refractivity contribution in [3.8, 4) is 11.5 Å². The molecule has 132 valence electrons. The minimum atomic E-state index is -3.27. The first-order valence-corrected chi connectivity index (χ1v) is 10.0. The Labute approximate surface area is 143 Å². The fourth-order valence-corrected chi connectivity index (χ4v) is 5.79. The first-order valence-electron chi connectivity index (χ1n) is 8.51. The van der Waals surface area contributed by atoms with Crippen molar-refractivity contribution >= 4 is 13.2 Å². The zero-order valence-electron chi connectivity index (χ0n) is 14.8. The van der Waals surface area contributed by atoms with E-state index < -0.39 is 13.2 Å². The van der Waals surface area contributed by atoms with Gasteiger partial charge in [-0.3, -0.25) is 9.09 Å². The first-order chi connectivity index (χ1) is 11.4. The summed E-state index contributed by atoms with van der Waals surface area (Å²) in [5, 5.41) is 0.801. The lowest BCUT2D eigenvalue weighted by molar-refractivity contribution is 0.142. The van der Waals surface area contributed by atoms with Crippen molar-refractivity contribution < 1.29 is 23.1 Å². The van der Waals surface area contributed by atoms with Gasteiger partial charge in [0.1, 0.15) is 0 Å². The Kier molecular flexibility index (Phi) is 4.78. The highest BCUT2D eigenvalue weighted by molar-refractivity contribution is 7.59. The minimum absolute atomic E-state index is 0.234. The van der Waals surface area contributed by atoms with Crippen molar-refractivity contribution in [3.63, 3.8) is 0 Å². The van der Waals surface area contributed by atoms with Crippen LogP contribution in [-0.2, 0) is 13.6 Å². The second-order valence-corrected chi connectivity index (χ2v) is 8.49. The van der Waals surface area contributed by atoms with Crippen LogP contribution < -0.4 is 9.47 Å². The molecule has 0 saturated heterocycles. The molecule has 0 amide bonds. The van der Waals surface area contributed by atoms with E-state index >= 15 is 0 Å². The van der Waals surface area contributed by atoms with Crippen molar-refractivity contribution in [3.05, 3.63) is 29.1 Å². The second-order valence-electron chi connectivity index (χ2n) is 6.51. The van der Waals surface area contributed by atoms with E-state index in [0.29, 0.717) is 18.8 Å². The maximum atomic E-state index is 13.3. The van der Waals surface area contributed by atoms with Gasteiger partial charge in [-0.05, 0) is 51.3 Å². The highest BCUT2D eigenvalue weighted by Crippen LogP contribution is 2.69. The molecule has 2 aliphatic rings. The van der Waals surface area contributed by atoms with E-state index in [-0.39, 0.29) is 6.79 Å². The van der Waals surface area contributed by atoms with Gasteiger partial charge in [0, 0.05) is 10.9 Å². The molecular formula is C18H25O5P. The molecule has 1 unspecified atom stereocenters. The Bertz CT molecular complexity index is 707. The third kappa shape index (κ3) is 3.01. The number of unbranched alkanes of at least 4 members (excludes halogenated alkanes) is 1. The molecular weight excluding hydrogens is 327 g/mol. The average Bonchev–Trinajstić information content (AvgIpc) is 3.04. The lowest BCUT2D eigenvalue weighted by Crippen LogP contribution is -2.20. The smallest absolute Gasteiger partial charge is 0.358 e. The summed E-state index contributed by atoms with van der Waals surface area (Å²) in [7, 11) is -3.27. The third-order valence-corrected chi connectivity index (χ3v) is 6.70. The topological polar surface area (TPSA) is 54.0 Å². The molecule has 3 rings (SSSR count). The number of hydrogen-bond acceptors (Lipinski definition) is 5. The van der Waals surface area contributed by atoms with Gasteiger partial charge in [-0.2, -0.15) is 0 Å². The van der Waals surface area contributed by atoms with Crippen LogP contribution in [0, 0.1) is 0 Å². The SMILES string of the molecule is CCCCC1=C(c2ccc3c(c2)OCO3)C(C)(C)OP1(=O)OCC. The van der Waals surface area contributed by atoms with Gasteiger partial charge >= 0.3 is 7.60 Å². The molecule has 24 heavy (non-hydrogen) atoms. The summed E-state index contributed by atoms with van der Waals surface area (Å²) in [6.45, 7) is 8.43. The number of allylic oxidation sites excluding steroid dienone is 1. The van der Waals surface area contributed by atoms with Crippen molar-refractivity contribution in [1.29, 1.82) is 0 Å². The summed E-state index contributed by atoms with van der Waals surface area (Å²) in [6.07, 6.45) is 2.67. The zero-order chi connectivity index (χ0) is 17.4. The molecule has 0 spiro atoms. The van der Waals surface area contributed by atoms with Crippen LogP contribution in [-0.4, -0.2) is 19.0 Å². The predicted molar refractivity (Wildman–Crippen MR) is 93.4 cm³/mol. The maximum absolute atomic E-state index is 13.3. The fourth-order valence-electron chi connectivity index (χ4n) is 3.33. The molecule has 0 bridgehead atoms. The van der Waals surface area contributed by atoms with Gasteiger partial charge in [0.25, 0.3) is 0 Å². The molecule has 1 aromatic carbocycles. The summed E-state index contributed by atoms with van der Waals surface area (Å²) < 4.78 is 35.8. The van der Waals surface area contributed by atoms with Crippen molar-refractivity contribution in [2.75, 3.05) is 13.4 Å². The fraction of sp³-hybridized carbons (Fsp3) is 0.556. The normalized spacial score (nSPS) is 24.7. The Hall–Kier alpha value is -1.29. The largest absolute Gasteiger partial charge is 0.454 e. The molecule has 2 aliphatic heterocycles. The Morgan fingerprint density at radius 2 is 1.96 bits per heavy atom. The van der Waals surface area contributed by atoms with Crippen LogP contribution in [0.5, 0.6) is 11.5 Å². The lowest BCUT2D eigenvalue weighted by Gasteiger charge is -2.23. The van der Waals surface area contributed by atoms with Gasteiger partial charge < -0.3 is 14.0 Å². The molecule has 1 atom stereocenters. The molecule has 1 aromatic rings. The van der Waals surface area contributed by atoms with Crippen LogP contribution in [0.3, 0.4) is 0 Å². The number of ether oxygens (including phenoxy) is 2. The van der Waals surface area contributed by atoms with Gasteiger partial charge in [-0.15, -0.1) is 0 Å². The van der Waals surface area contributed by atoms with Crippen molar-refractivity contribution in [1.82, 2.24) is 0 Å². The number of benzene rings is 1. The van der Waals surface area contributed by atoms with E-state index in [1.165, 1.54) is 0 Å². The summed E-state index contributed by atoms with van der Waals surface area (Å²) in [4.78, 5) is 0. The first kappa shape index (κ1) is 17.5. The predicted octanol–water partition coefficient (Wildman–Crippen LogP) is 5.36. The molecule has 0 aromatic heterocycles. The highest BCUT2D eigenvalue weighted by atomic mass is 31.2. The molecule has 0 radical (unpaired) electrons. The summed E-state index contributed by atoms with van der Waals surface area (Å²) in [5.74, 6) is 1.45. The van der Waals surface area contributed by atoms with Gasteiger partial charge in [0.15, 0.2) is 11.5 Å². The van der Waals surface area contributed by atoms with Crippen LogP contribution in [0.4, 0.5) is 0 Å². The van der Waals surface area contributed by atoms with E-state index in [0.717, 1.165) is 35.0 Å². The second kappa shape index (κ2) is 6.55. The van der Waals surface area contributed by atoms with Gasteiger partial charge in [0.05, 0.1) is 12.2 Å². The monoisotopic (exact) mass is 352 g/mol. The van der Waals surface area contributed by atoms with E-state index in [2.05, 4.69) is 6.92 Å². The van der Waals surface area contributed by atoms with E-state index in [1.807, 2.05) is 39.0 Å². The molecule has 5 nitrogen and oxygen atoms in total. The van der Waals surface area contributed by atoms with Gasteiger partial charge in [-0.1, -0.05) is 19.4 Å². The maximum Gasteiger partial charge on any atom is 0.358 e. The quantitative estimate of drug-likeness (QED) is 0.646. The summed E-state index contributed by atoms with van der Waals surface area (Å²) in [6, 6.07) is 5.81. The summed E-state index contributed by atoms with van der Waals surface area (Å²) in [5.41, 5.74) is 1.22. The molecule has 2 heterocycles. The Morgan fingerprint density at radius 1 is 1.21 bits per heavy atom. The van der Waals surface area contributed by atoms with E-state index in [9.17, 15) is 4.57 Å². The highest BCUT2D eigenvalue weighted by Gasteiger charge is 2.49. The number of fused-ring (bicyclic) bond motifs is 1. The van der Waals surface area contributed by atoms with E-state index in [4.69, 9.17) is 18.5 Å². The van der Waals surface area contributed by atoms with Crippen LogP contribution in [0.15, 0.2) is 23.5 Å². The standard InChI is InChI=1S/C18H25O5P/c1-5-7-8-16-17(18(3,4)23-24(16,19)22-6-2)13-9-10-14-15(11-13)21-12-20-14/h9-11H,5-8,12H2,1-4H3. The molecule has 6 heteroatoms. The van der Waals surface area contributed by atoms with Crippen molar-refractivity contribution in [2.45, 2.75) is 52.6 Å². The minimum Gasteiger partial charge on any atom is -0.454 e. The van der Waals surface area contributed by atoms with Gasteiger partial charge in [0.2, 0.25) is 6.79 Å². The molecule has 0 aliphatic carbocycles. The van der Waals surface area contributed by atoms with Crippen LogP contribution in [0.2, 0.25) is 0 Å².